The summed E-state index contributed by atoms with van der Waals surface area (Å²) < 4.78 is 32.1. The Bertz CT molecular complexity index is 358. The summed E-state index contributed by atoms with van der Waals surface area (Å²) in [6.45, 7) is 0.611. The van der Waals surface area contributed by atoms with Crippen LogP contribution in [0.5, 0.6) is 5.75 Å². The lowest BCUT2D eigenvalue weighted by atomic mass is 10.2. The van der Waals surface area contributed by atoms with E-state index in [1.54, 1.807) is 6.07 Å². The van der Waals surface area contributed by atoms with Crippen molar-refractivity contribution in [2.75, 3.05) is 13.2 Å². The van der Waals surface area contributed by atoms with E-state index in [-0.39, 0.29) is 18.4 Å². The van der Waals surface area contributed by atoms with E-state index in [9.17, 15) is 8.78 Å². The Kier molecular flexibility index (Phi) is 3.91. The molecule has 0 saturated carbocycles. The molecule has 1 aromatic rings. The molecule has 0 aliphatic carbocycles. The summed E-state index contributed by atoms with van der Waals surface area (Å²) >= 11 is 1.98. The summed E-state index contributed by atoms with van der Waals surface area (Å²) in [5.74, 6) is -0.478. The van der Waals surface area contributed by atoms with Gasteiger partial charge in [-0.2, -0.15) is 4.39 Å². The van der Waals surface area contributed by atoms with Crippen LogP contribution < -0.4 is 10.1 Å². The van der Waals surface area contributed by atoms with Gasteiger partial charge in [-0.05, 0) is 35.1 Å². The summed E-state index contributed by atoms with van der Waals surface area (Å²) in [6.07, 6.45) is 0.972. The van der Waals surface area contributed by atoms with Crippen LogP contribution in [0.15, 0.2) is 12.3 Å². The molecule has 88 valence electrons. The van der Waals surface area contributed by atoms with Crippen LogP contribution >= 0.6 is 22.6 Å². The molecule has 0 aromatic carbocycles. The van der Waals surface area contributed by atoms with Gasteiger partial charge in [0, 0.05) is 18.8 Å². The number of nitrogens with one attached hydrogen (secondary N) is 1. The maximum Gasteiger partial charge on any atom is 0.256 e. The molecule has 0 bridgehead atoms. The lowest BCUT2D eigenvalue weighted by Gasteiger charge is -2.12. The van der Waals surface area contributed by atoms with Gasteiger partial charge in [0.15, 0.2) is 5.75 Å². The Labute approximate surface area is 106 Å². The van der Waals surface area contributed by atoms with Crippen LogP contribution in [0.4, 0.5) is 8.78 Å². The van der Waals surface area contributed by atoms with E-state index in [1.165, 1.54) is 6.20 Å². The second-order valence-corrected chi connectivity index (χ2v) is 4.82. The average molecular weight is 340 g/mol. The minimum Gasteiger partial charge on any atom is -0.486 e. The zero-order chi connectivity index (χ0) is 11.5. The second-order valence-electron chi connectivity index (χ2n) is 3.66. The molecule has 0 spiro atoms. The number of hydrogen-bond acceptors (Lipinski definition) is 3. The van der Waals surface area contributed by atoms with E-state index >= 15 is 0 Å². The first-order valence-corrected chi connectivity index (χ1v) is 6.05. The summed E-state index contributed by atoms with van der Waals surface area (Å²) in [5, 5.41) is 2.97. The van der Waals surface area contributed by atoms with Gasteiger partial charge < -0.3 is 10.1 Å². The average Bonchev–Trinajstić information content (AvgIpc) is 2.63. The molecule has 0 radical (unpaired) electrons. The van der Waals surface area contributed by atoms with Crippen LogP contribution in [0.3, 0.4) is 0 Å². The molecule has 2 rings (SSSR count). The van der Waals surface area contributed by atoms with Crippen molar-refractivity contribution >= 4 is 22.6 Å². The molecule has 1 aliphatic rings. The largest absolute Gasteiger partial charge is 0.486 e. The molecule has 1 N–H and O–H groups in total. The molecule has 1 fully saturated rings. The molecule has 1 saturated heterocycles. The Morgan fingerprint density at radius 3 is 3.06 bits per heavy atom. The van der Waals surface area contributed by atoms with Gasteiger partial charge >= 0.3 is 0 Å². The van der Waals surface area contributed by atoms with Gasteiger partial charge in [-0.1, -0.05) is 0 Å². The second kappa shape index (κ2) is 5.22. The van der Waals surface area contributed by atoms with Crippen molar-refractivity contribution in [3.8, 4) is 5.75 Å². The predicted octanol–water partition coefficient (Wildman–Crippen LogP) is 1.90. The standard InChI is InChI=1S/C10H11F2IN2O/c11-6-3-7(15-4-6)5-16-9-8(13)1-2-14-10(9)12/h1-2,6-7,15H,3-5H2/t6-,7+/m1/s1. The molecule has 3 nitrogen and oxygen atoms in total. The summed E-state index contributed by atoms with van der Waals surface area (Å²) in [7, 11) is 0. The molecule has 6 heteroatoms. The zero-order valence-corrected chi connectivity index (χ0v) is 10.6. The lowest BCUT2D eigenvalue weighted by Crippen LogP contribution is -2.28. The number of alkyl halides is 1. The van der Waals surface area contributed by atoms with Gasteiger partial charge in [0.05, 0.1) is 3.57 Å². The molecule has 1 aliphatic heterocycles. The highest BCUT2D eigenvalue weighted by atomic mass is 127. The van der Waals surface area contributed by atoms with Crippen LogP contribution in [0.1, 0.15) is 6.42 Å². The summed E-state index contributed by atoms with van der Waals surface area (Å²) in [4.78, 5) is 3.51. The van der Waals surface area contributed by atoms with Gasteiger partial charge in [-0.15, -0.1) is 0 Å². The number of rotatable bonds is 3. The Morgan fingerprint density at radius 2 is 2.44 bits per heavy atom. The van der Waals surface area contributed by atoms with Gasteiger partial charge in [-0.3, -0.25) is 0 Å². The minimum absolute atomic E-state index is 0.0505. The first-order chi connectivity index (χ1) is 7.66. The Hall–Kier alpha value is -0.500. The van der Waals surface area contributed by atoms with Crippen LogP contribution in [0.2, 0.25) is 0 Å². The fraction of sp³-hybridized carbons (Fsp3) is 0.500. The SMILES string of the molecule is Fc1nccc(I)c1OC[C@@H]1C[C@@H](F)CN1. The first-order valence-electron chi connectivity index (χ1n) is 4.97. The normalized spacial score (nSPS) is 24.7. The first kappa shape index (κ1) is 12.0. The predicted molar refractivity (Wildman–Crippen MR) is 63.7 cm³/mol. The van der Waals surface area contributed by atoms with Crippen molar-refractivity contribution in [3.05, 3.63) is 21.8 Å². The Balaban J connectivity index is 1.94. The lowest BCUT2D eigenvalue weighted by molar-refractivity contribution is 0.253. The van der Waals surface area contributed by atoms with Crippen molar-refractivity contribution in [2.24, 2.45) is 0 Å². The maximum absolute atomic E-state index is 13.3. The summed E-state index contributed by atoms with van der Waals surface area (Å²) in [6, 6.07) is 1.62. The molecular weight excluding hydrogens is 329 g/mol. The molecule has 0 unspecified atom stereocenters. The minimum atomic E-state index is -0.827. The molecule has 2 atom stereocenters. The topological polar surface area (TPSA) is 34.1 Å². The number of nitrogens with zero attached hydrogens (tertiary/aromatic N) is 1. The van der Waals surface area contributed by atoms with Gasteiger partial charge in [-0.25, -0.2) is 9.37 Å². The van der Waals surface area contributed by atoms with Gasteiger partial charge in [0.1, 0.15) is 12.8 Å². The molecule has 2 heterocycles. The highest BCUT2D eigenvalue weighted by Crippen LogP contribution is 2.23. The quantitative estimate of drug-likeness (QED) is 0.674. The molecule has 1 aromatic heterocycles. The monoisotopic (exact) mass is 340 g/mol. The van der Waals surface area contributed by atoms with Crippen molar-refractivity contribution in [3.63, 3.8) is 0 Å². The van der Waals surface area contributed by atoms with Crippen molar-refractivity contribution in [1.29, 1.82) is 0 Å². The van der Waals surface area contributed by atoms with Crippen LogP contribution in [-0.2, 0) is 0 Å². The molecule has 16 heavy (non-hydrogen) atoms. The summed E-state index contributed by atoms with van der Waals surface area (Å²) in [5.41, 5.74) is 0. The van der Waals surface area contributed by atoms with E-state index in [0.29, 0.717) is 16.5 Å². The third-order valence-corrected chi connectivity index (χ3v) is 3.26. The van der Waals surface area contributed by atoms with E-state index < -0.39 is 12.1 Å². The highest BCUT2D eigenvalue weighted by molar-refractivity contribution is 14.1. The Morgan fingerprint density at radius 1 is 1.62 bits per heavy atom. The van der Waals surface area contributed by atoms with Crippen LogP contribution in [0, 0.1) is 9.52 Å². The number of halogens is 3. The van der Waals surface area contributed by atoms with E-state index in [1.807, 2.05) is 22.6 Å². The number of hydrogen-bond donors (Lipinski definition) is 1. The van der Waals surface area contributed by atoms with Gasteiger partial charge in [0.2, 0.25) is 0 Å². The number of aromatic nitrogens is 1. The number of ether oxygens (including phenoxy) is 1. The van der Waals surface area contributed by atoms with Crippen LogP contribution in [0.25, 0.3) is 0 Å². The zero-order valence-electron chi connectivity index (χ0n) is 8.42. The molecule has 0 amide bonds. The third-order valence-electron chi connectivity index (χ3n) is 2.41. The maximum atomic E-state index is 13.3. The van der Waals surface area contributed by atoms with Crippen molar-refractivity contribution in [1.82, 2.24) is 10.3 Å². The van der Waals surface area contributed by atoms with Crippen molar-refractivity contribution < 1.29 is 13.5 Å². The molecular formula is C10H11F2IN2O. The van der Waals surface area contributed by atoms with E-state index in [2.05, 4.69) is 10.3 Å². The smallest absolute Gasteiger partial charge is 0.256 e. The highest BCUT2D eigenvalue weighted by Gasteiger charge is 2.24. The van der Waals surface area contributed by atoms with E-state index in [4.69, 9.17) is 4.74 Å². The van der Waals surface area contributed by atoms with Crippen LogP contribution in [-0.4, -0.2) is 30.3 Å². The fourth-order valence-corrected chi connectivity index (χ4v) is 2.15. The van der Waals surface area contributed by atoms with Gasteiger partial charge in [0.25, 0.3) is 5.95 Å². The van der Waals surface area contributed by atoms with Crippen molar-refractivity contribution in [2.45, 2.75) is 18.6 Å². The third kappa shape index (κ3) is 2.79. The number of pyridine rings is 1. The van der Waals surface area contributed by atoms with E-state index in [0.717, 1.165) is 0 Å². The fourth-order valence-electron chi connectivity index (χ4n) is 1.61.